The van der Waals surface area contributed by atoms with E-state index in [0.29, 0.717) is 0 Å². The molecule has 0 aliphatic carbocycles. The molecule has 10 heavy (non-hydrogen) atoms. The van der Waals surface area contributed by atoms with Crippen molar-refractivity contribution in [1.29, 1.82) is 0 Å². The summed E-state index contributed by atoms with van der Waals surface area (Å²) in [7, 11) is 0. The van der Waals surface area contributed by atoms with E-state index in [1.807, 2.05) is 0 Å². The third-order valence-corrected chi connectivity index (χ3v) is 2.16. The first-order chi connectivity index (χ1) is 4.85. The molecule has 0 aliphatic rings. The second-order valence-electron chi connectivity index (χ2n) is 2.48. The molecule has 0 aromatic rings. The first-order valence-electron chi connectivity index (χ1n) is 4.13. The Labute approximate surface area is 72.9 Å². The average Bonchev–Trinajstić information content (AvgIpc) is 1.98. The zero-order chi connectivity index (χ0) is 7.82. The van der Waals surface area contributed by atoms with Crippen LogP contribution < -0.4 is 0 Å². The van der Waals surface area contributed by atoms with Crippen LogP contribution in [0.4, 0.5) is 0 Å². The topological polar surface area (TPSA) is 3.24 Å². The molecule has 0 aromatic carbocycles. The summed E-state index contributed by atoms with van der Waals surface area (Å²) in [4.78, 5) is 2.49. The van der Waals surface area contributed by atoms with Crippen LogP contribution in [-0.4, -0.2) is 29.9 Å². The molecular weight excluding hydrogens is 190 g/mol. The molecule has 0 bridgehead atoms. The van der Waals surface area contributed by atoms with Gasteiger partial charge in [-0.2, -0.15) is 0 Å². The van der Waals surface area contributed by atoms with Crippen molar-refractivity contribution in [3.8, 4) is 0 Å². The van der Waals surface area contributed by atoms with Gasteiger partial charge in [0.1, 0.15) is 0 Å². The monoisotopic (exact) mass is 207 g/mol. The lowest BCUT2D eigenvalue weighted by molar-refractivity contribution is 0.290. The Hall–Kier alpha value is 0.440. The maximum Gasteiger partial charge on any atom is 0.00434 e. The molecule has 0 atom stereocenters. The van der Waals surface area contributed by atoms with E-state index in [1.54, 1.807) is 0 Å². The van der Waals surface area contributed by atoms with Gasteiger partial charge in [-0.15, -0.1) is 0 Å². The molecule has 0 spiro atoms. The SMILES string of the molecule is CCCN(CC)CCCBr. The standard InChI is InChI=1S/C8H18BrN/c1-3-7-10(4-2)8-5-6-9/h3-8H2,1-2H3. The van der Waals surface area contributed by atoms with Gasteiger partial charge < -0.3 is 4.90 Å². The lowest BCUT2D eigenvalue weighted by Gasteiger charge is -2.18. The van der Waals surface area contributed by atoms with Gasteiger partial charge in [0.2, 0.25) is 0 Å². The van der Waals surface area contributed by atoms with Gasteiger partial charge in [-0.05, 0) is 32.5 Å². The molecule has 0 heterocycles. The number of hydrogen-bond donors (Lipinski definition) is 0. The Morgan fingerprint density at radius 2 is 1.90 bits per heavy atom. The quantitative estimate of drug-likeness (QED) is 0.606. The van der Waals surface area contributed by atoms with Crippen molar-refractivity contribution in [3.05, 3.63) is 0 Å². The third kappa shape index (κ3) is 5.24. The lowest BCUT2D eigenvalue weighted by Crippen LogP contribution is -2.25. The van der Waals surface area contributed by atoms with E-state index in [4.69, 9.17) is 0 Å². The van der Waals surface area contributed by atoms with E-state index in [1.165, 1.54) is 32.5 Å². The van der Waals surface area contributed by atoms with E-state index in [9.17, 15) is 0 Å². The molecule has 0 aromatic heterocycles. The number of nitrogens with zero attached hydrogens (tertiary/aromatic N) is 1. The molecular formula is C8H18BrN. The highest BCUT2D eigenvalue weighted by Crippen LogP contribution is 1.95. The third-order valence-electron chi connectivity index (χ3n) is 1.60. The summed E-state index contributed by atoms with van der Waals surface area (Å²) in [5.41, 5.74) is 0. The molecule has 0 rings (SSSR count). The zero-order valence-corrected chi connectivity index (χ0v) is 8.65. The van der Waals surface area contributed by atoms with Crippen LogP contribution in [0.5, 0.6) is 0 Å². The first kappa shape index (κ1) is 10.4. The molecule has 62 valence electrons. The van der Waals surface area contributed by atoms with E-state index >= 15 is 0 Å². The van der Waals surface area contributed by atoms with Crippen molar-refractivity contribution >= 4 is 15.9 Å². The molecule has 2 heteroatoms. The van der Waals surface area contributed by atoms with Crippen LogP contribution in [0.15, 0.2) is 0 Å². The fourth-order valence-electron chi connectivity index (χ4n) is 1.03. The van der Waals surface area contributed by atoms with E-state index in [-0.39, 0.29) is 0 Å². The predicted octanol–water partition coefficient (Wildman–Crippen LogP) is 2.50. The first-order valence-corrected chi connectivity index (χ1v) is 5.25. The van der Waals surface area contributed by atoms with Crippen molar-refractivity contribution in [2.24, 2.45) is 0 Å². The number of rotatable bonds is 6. The Morgan fingerprint density at radius 1 is 1.20 bits per heavy atom. The molecule has 0 saturated heterocycles. The highest BCUT2D eigenvalue weighted by Gasteiger charge is 1.97. The fraction of sp³-hybridized carbons (Fsp3) is 1.00. The summed E-state index contributed by atoms with van der Waals surface area (Å²) >= 11 is 3.43. The van der Waals surface area contributed by atoms with Crippen LogP contribution in [-0.2, 0) is 0 Å². The molecule has 1 nitrogen and oxygen atoms in total. The molecule has 0 saturated carbocycles. The molecule has 0 amide bonds. The van der Waals surface area contributed by atoms with Gasteiger partial charge in [-0.1, -0.05) is 29.8 Å². The normalized spacial score (nSPS) is 10.8. The smallest absolute Gasteiger partial charge is 0.00434 e. The van der Waals surface area contributed by atoms with Crippen LogP contribution in [0.3, 0.4) is 0 Å². The van der Waals surface area contributed by atoms with Crippen molar-refractivity contribution in [2.45, 2.75) is 26.7 Å². The largest absolute Gasteiger partial charge is 0.304 e. The Balaban J connectivity index is 3.21. The summed E-state index contributed by atoms with van der Waals surface area (Å²) in [5.74, 6) is 0. The molecule has 0 radical (unpaired) electrons. The van der Waals surface area contributed by atoms with Gasteiger partial charge in [0.25, 0.3) is 0 Å². The second-order valence-corrected chi connectivity index (χ2v) is 3.27. The van der Waals surface area contributed by atoms with E-state index in [0.717, 1.165) is 5.33 Å². The number of halogens is 1. The predicted molar refractivity (Wildman–Crippen MR) is 50.8 cm³/mol. The van der Waals surface area contributed by atoms with Crippen LogP contribution in [0, 0.1) is 0 Å². The summed E-state index contributed by atoms with van der Waals surface area (Å²) in [6.07, 6.45) is 2.55. The van der Waals surface area contributed by atoms with Gasteiger partial charge in [-0.25, -0.2) is 0 Å². The van der Waals surface area contributed by atoms with Crippen molar-refractivity contribution in [1.82, 2.24) is 4.90 Å². The van der Waals surface area contributed by atoms with Crippen LogP contribution in [0.1, 0.15) is 26.7 Å². The molecule has 0 fully saturated rings. The van der Waals surface area contributed by atoms with E-state index in [2.05, 4.69) is 34.7 Å². The summed E-state index contributed by atoms with van der Waals surface area (Å²) in [6.45, 7) is 8.15. The maximum atomic E-state index is 3.43. The van der Waals surface area contributed by atoms with Crippen LogP contribution >= 0.6 is 15.9 Å². The summed E-state index contributed by atoms with van der Waals surface area (Å²) in [6, 6.07) is 0. The van der Waals surface area contributed by atoms with Gasteiger partial charge in [0, 0.05) is 5.33 Å². The Kier molecular flexibility index (Phi) is 7.88. The molecule has 0 N–H and O–H groups in total. The van der Waals surface area contributed by atoms with Gasteiger partial charge in [0.15, 0.2) is 0 Å². The molecule has 0 aliphatic heterocycles. The number of hydrogen-bond acceptors (Lipinski definition) is 1. The lowest BCUT2D eigenvalue weighted by atomic mass is 10.3. The summed E-state index contributed by atoms with van der Waals surface area (Å²) in [5, 5.41) is 1.13. The second kappa shape index (κ2) is 7.55. The zero-order valence-electron chi connectivity index (χ0n) is 7.07. The minimum atomic E-state index is 1.13. The van der Waals surface area contributed by atoms with Crippen LogP contribution in [0.25, 0.3) is 0 Å². The number of alkyl halides is 1. The minimum absolute atomic E-state index is 1.13. The Morgan fingerprint density at radius 3 is 2.30 bits per heavy atom. The highest BCUT2D eigenvalue weighted by molar-refractivity contribution is 9.09. The maximum absolute atomic E-state index is 3.43. The highest BCUT2D eigenvalue weighted by atomic mass is 79.9. The fourth-order valence-corrected chi connectivity index (χ4v) is 1.28. The van der Waals surface area contributed by atoms with Gasteiger partial charge >= 0.3 is 0 Å². The van der Waals surface area contributed by atoms with Crippen molar-refractivity contribution in [2.75, 3.05) is 25.0 Å². The summed E-state index contributed by atoms with van der Waals surface area (Å²) < 4.78 is 0. The average molecular weight is 208 g/mol. The Bertz CT molecular complexity index is 66.3. The van der Waals surface area contributed by atoms with Gasteiger partial charge in [0.05, 0.1) is 0 Å². The van der Waals surface area contributed by atoms with E-state index < -0.39 is 0 Å². The molecule has 0 unspecified atom stereocenters. The van der Waals surface area contributed by atoms with Crippen molar-refractivity contribution in [3.63, 3.8) is 0 Å². The van der Waals surface area contributed by atoms with Crippen LogP contribution in [0.2, 0.25) is 0 Å². The van der Waals surface area contributed by atoms with Gasteiger partial charge in [-0.3, -0.25) is 0 Å². The minimum Gasteiger partial charge on any atom is -0.304 e. The van der Waals surface area contributed by atoms with Crippen molar-refractivity contribution < 1.29 is 0 Å².